The van der Waals surface area contributed by atoms with Crippen molar-refractivity contribution in [3.63, 3.8) is 0 Å². The lowest BCUT2D eigenvalue weighted by atomic mass is 10.1. The highest BCUT2D eigenvalue weighted by molar-refractivity contribution is 7.92. The highest BCUT2D eigenvalue weighted by Gasteiger charge is 2.24. The van der Waals surface area contributed by atoms with E-state index in [0.717, 1.165) is 6.07 Å². The quantitative estimate of drug-likeness (QED) is 0.622. The van der Waals surface area contributed by atoms with Gasteiger partial charge in [0, 0.05) is 31.4 Å². The number of furan rings is 1. The van der Waals surface area contributed by atoms with E-state index in [4.69, 9.17) is 4.42 Å². The average molecular weight is 446 g/mol. The number of nitrogens with zero attached hydrogens (tertiary/aromatic N) is 3. The number of rotatable bonds is 5. The molecule has 1 aliphatic rings. The molecule has 2 N–H and O–H groups in total. The minimum Gasteiger partial charge on any atom is -0.461 e. The Morgan fingerprint density at radius 3 is 2.55 bits per heavy atom. The Labute approximate surface area is 180 Å². The Kier molecular flexibility index (Phi) is 5.67. The lowest BCUT2D eigenvalue weighted by Crippen LogP contribution is -2.54. The Balaban J connectivity index is 1.56. The molecule has 4 rings (SSSR count). The summed E-state index contributed by atoms with van der Waals surface area (Å²) in [6.07, 6.45) is 1.50. The van der Waals surface area contributed by atoms with E-state index in [0.29, 0.717) is 30.6 Å². The molecule has 2 aromatic heterocycles. The summed E-state index contributed by atoms with van der Waals surface area (Å²) in [6.45, 7) is 7.30. The van der Waals surface area contributed by atoms with Crippen molar-refractivity contribution in [2.24, 2.45) is 0 Å². The van der Waals surface area contributed by atoms with Crippen LogP contribution in [0.15, 0.2) is 51.9 Å². The first-order valence-corrected chi connectivity index (χ1v) is 11.4. The van der Waals surface area contributed by atoms with Crippen molar-refractivity contribution in [3.8, 4) is 11.3 Å². The summed E-state index contributed by atoms with van der Waals surface area (Å²) < 4.78 is 48.1. The molecule has 3 aromatic rings. The summed E-state index contributed by atoms with van der Waals surface area (Å²) in [4.78, 5) is 10.4. The van der Waals surface area contributed by atoms with Gasteiger partial charge in [-0.25, -0.2) is 17.8 Å². The van der Waals surface area contributed by atoms with Crippen LogP contribution >= 0.6 is 0 Å². The molecule has 164 valence electrons. The van der Waals surface area contributed by atoms with Gasteiger partial charge in [-0.15, -0.1) is 0 Å². The van der Waals surface area contributed by atoms with Gasteiger partial charge < -0.3 is 14.6 Å². The Hall–Kier alpha value is -2.98. The third-order valence-electron chi connectivity index (χ3n) is 4.98. The number of piperazine rings is 1. The van der Waals surface area contributed by atoms with Crippen LogP contribution in [0.5, 0.6) is 0 Å². The standard InChI is InChI=1S/C21H24FN5O3S/c1-13-11-27(12-14(2)24-13)21-23-9-8-20(25-21)26-31(28,29)16-5-6-17(18(22)10-16)19-7-4-15(3)30-19/h4-10,13-14,24H,11-12H2,1-3H3,(H,23,25,26)/t13-,14+. The summed E-state index contributed by atoms with van der Waals surface area (Å²) in [5.74, 6) is 0.849. The maximum Gasteiger partial charge on any atom is 0.263 e. The molecular formula is C21H24FN5O3S. The third-order valence-corrected chi connectivity index (χ3v) is 6.33. The molecule has 0 unspecified atom stereocenters. The van der Waals surface area contributed by atoms with Crippen molar-refractivity contribution in [1.29, 1.82) is 0 Å². The smallest absolute Gasteiger partial charge is 0.263 e. The molecule has 3 heterocycles. The van der Waals surface area contributed by atoms with Gasteiger partial charge in [0.25, 0.3) is 10.0 Å². The number of sulfonamides is 1. The summed E-state index contributed by atoms with van der Waals surface area (Å²) in [7, 11) is -4.04. The number of hydrogen-bond donors (Lipinski definition) is 2. The number of aryl methyl sites for hydroxylation is 1. The molecule has 0 bridgehead atoms. The first-order valence-electron chi connectivity index (χ1n) is 9.94. The molecule has 0 saturated carbocycles. The van der Waals surface area contributed by atoms with Gasteiger partial charge in [0.05, 0.1) is 10.5 Å². The summed E-state index contributed by atoms with van der Waals surface area (Å²) in [5, 5.41) is 3.43. The molecule has 1 aromatic carbocycles. The Morgan fingerprint density at radius 2 is 1.90 bits per heavy atom. The summed E-state index contributed by atoms with van der Waals surface area (Å²) in [5.41, 5.74) is 0.193. The molecule has 0 spiro atoms. The Bertz CT molecular complexity index is 1190. The van der Waals surface area contributed by atoms with E-state index in [1.807, 2.05) is 4.90 Å². The van der Waals surface area contributed by atoms with Gasteiger partial charge in [0.15, 0.2) is 0 Å². The average Bonchev–Trinajstić information content (AvgIpc) is 3.13. The predicted molar refractivity (Wildman–Crippen MR) is 116 cm³/mol. The highest BCUT2D eigenvalue weighted by Crippen LogP contribution is 2.27. The normalized spacial score (nSPS) is 19.4. The van der Waals surface area contributed by atoms with Gasteiger partial charge in [-0.3, -0.25) is 4.72 Å². The molecule has 8 nitrogen and oxygen atoms in total. The number of benzene rings is 1. The van der Waals surface area contributed by atoms with Gasteiger partial charge in [0.2, 0.25) is 5.95 Å². The van der Waals surface area contributed by atoms with E-state index in [1.165, 1.54) is 24.4 Å². The molecule has 0 aliphatic carbocycles. The molecule has 1 aliphatic heterocycles. The second-order valence-electron chi connectivity index (χ2n) is 7.77. The van der Waals surface area contributed by atoms with Crippen LogP contribution in [0.3, 0.4) is 0 Å². The fraction of sp³-hybridized carbons (Fsp3) is 0.333. The molecule has 0 amide bonds. The van der Waals surface area contributed by atoms with Crippen molar-refractivity contribution in [2.45, 2.75) is 37.8 Å². The van der Waals surface area contributed by atoms with Crippen LogP contribution < -0.4 is 14.9 Å². The van der Waals surface area contributed by atoms with Gasteiger partial charge in [-0.05, 0) is 57.2 Å². The van der Waals surface area contributed by atoms with Crippen molar-refractivity contribution in [1.82, 2.24) is 15.3 Å². The van der Waals surface area contributed by atoms with Gasteiger partial charge in [0.1, 0.15) is 23.2 Å². The van der Waals surface area contributed by atoms with Crippen LogP contribution in [0.2, 0.25) is 0 Å². The van der Waals surface area contributed by atoms with Crippen molar-refractivity contribution in [3.05, 3.63) is 54.2 Å². The number of hydrogen-bond acceptors (Lipinski definition) is 7. The summed E-state index contributed by atoms with van der Waals surface area (Å²) in [6, 6.07) is 9.02. The Morgan fingerprint density at radius 1 is 1.16 bits per heavy atom. The maximum atomic E-state index is 14.6. The summed E-state index contributed by atoms with van der Waals surface area (Å²) >= 11 is 0. The minimum atomic E-state index is -4.04. The van der Waals surface area contributed by atoms with E-state index < -0.39 is 15.8 Å². The van der Waals surface area contributed by atoms with Crippen LogP contribution in [-0.2, 0) is 10.0 Å². The van der Waals surface area contributed by atoms with Crippen molar-refractivity contribution in [2.75, 3.05) is 22.7 Å². The molecular weight excluding hydrogens is 421 g/mol. The SMILES string of the molecule is Cc1ccc(-c2ccc(S(=O)(=O)Nc3ccnc(N4C[C@@H](C)N[C@@H](C)C4)n3)cc2F)o1. The van der Waals surface area contributed by atoms with Crippen molar-refractivity contribution >= 4 is 21.8 Å². The molecule has 2 atom stereocenters. The van der Waals surface area contributed by atoms with Crippen LogP contribution in [0.25, 0.3) is 11.3 Å². The van der Waals surface area contributed by atoms with Crippen LogP contribution in [-0.4, -0.2) is 43.6 Å². The zero-order valence-electron chi connectivity index (χ0n) is 17.5. The lowest BCUT2D eigenvalue weighted by molar-refractivity contribution is 0.403. The second kappa shape index (κ2) is 8.27. The fourth-order valence-corrected chi connectivity index (χ4v) is 4.70. The molecule has 1 saturated heterocycles. The lowest BCUT2D eigenvalue weighted by Gasteiger charge is -2.36. The monoisotopic (exact) mass is 445 g/mol. The molecule has 31 heavy (non-hydrogen) atoms. The van der Waals surface area contributed by atoms with E-state index in [-0.39, 0.29) is 28.4 Å². The van der Waals surface area contributed by atoms with E-state index in [2.05, 4.69) is 33.9 Å². The molecule has 1 fully saturated rings. The number of aromatic nitrogens is 2. The predicted octanol–water partition coefficient (Wildman–Crippen LogP) is 3.17. The molecule has 0 radical (unpaired) electrons. The van der Waals surface area contributed by atoms with Gasteiger partial charge >= 0.3 is 0 Å². The molecule has 10 heteroatoms. The first kappa shape index (κ1) is 21.3. The number of nitrogens with one attached hydrogen (secondary N) is 2. The van der Waals surface area contributed by atoms with Gasteiger partial charge in [-0.1, -0.05) is 0 Å². The highest BCUT2D eigenvalue weighted by atomic mass is 32.2. The van der Waals surface area contributed by atoms with Gasteiger partial charge in [-0.2, -0.15) is 4.98 Å². The van der Waals surface area contributed by atoms with Crippen LogP contribution in [0.1, 0.15) is 19.6 Å². The zero-order chi connectivity index (χ0) is 22.2. The van der Waals surface area contributed by atoms with Crippen LogP contribution in [0, 0.1) is 12.7 Å². The maximum absolute atomic E-state index is 14.6. The first-order chi connectivity index (χ1) is 14.7. The fourth-order valence-electron chi connectivity index (χ4n) is 3.69. The zero-order valence-corrected chi connectivity index (χ0v) is 18.3. The minimum absolute atomic E-state index is 0.120. The number of halogens is 1. The largest absolute Gasteiger partial charge is 0.461 e. The van der Waals surface area contributed by atoms with E-state index in [9.17, 15) is 12.8 Å². The van der Waals surface area contributed by atoms with E-state index >= 15 is 0 Å². The van der Waals surface area contributed by atoms with Crippen molar-refractivity contribution < 1.29 is 17.2 Å². The number of anilines is 2. The van der Waals surface area contributed by atoms with Crippen LogP contribution in [0.4, 0.5) is 16.2 Å². The topological polar surface area (TPSA) is 100 Å². The van der Waals surface area contributed by atoms with E-state index in [1.54, 1.807) is 19.1 Å². The third kappa shape index (κ3) is 4.70. The second-order valence-corrected chi connectivity index (χ2v) is 9.46.